The largest absolute Gasteiger partial charge is 0.390 e. The second kappa shape index (κ2) is 3.39. The normalized spacial score (nSPS) is 18.2. The lowest BCUT2D eigenvalue weighted by atomic mass is 9.72. The van der Waals surface area contributed by atoms with Crippen LogP contribution in [0, 0.1) is 5.92 Å². The van der Waals surface area contributed by atoms with Crippen molar-refractivity contribution in [3.63, 3.8) is 0 Å². The average Bonchev–Trinajstić information content (AvgIpc) is 2.47. The first kappa shape index (κ1) is 9.71. The van der Waals surface area contributed by atoms with Gasteiger partial charge in [0.25, 0.3) is 0 Å². The topological polar surface area (TPSA) is 38.0 Å². The quantitative estimate of drug-likeness (QED) is 0.798. The maximum Gasteiger partial charge on any atom is 0.0955 e. The van der Waals surface area contributed by atoms with Crippen molar-refractivity contribution in [1.29, 1.82) is 0 Å². The minimum atomic E-state index is 0.0355. The molecule has 1 aliphatic rings. The molecule has 1 fully saturated rings. The molecule has 0 atom stereocenters. The molecule has 0 amide bonds. The third-order valence-corrected chi connectivity index (χ3v) is 3.57. The summed E-state index contributed by atoms with van der Waals surface area (Å²) < 4.78 is 2.14. The van der Waals surface area contributed by atoms with Gasteiger partial charge in [0.2, 0.25) is 0 Å². The van der Waals surface area contributed by atoms with Gasteiger partial charge in [-0.1, -0.05) is 6.42 Å². The van der Waals surface area contributed by atoms with Gasteiger partial charge in [0.1, 0.15) is 0 Å². The van der Waals surface area contributed by atoms with E-state index in [1.807, 2.05) is 12.5 Å². The van der Waals surface area contributed by atoms with Gasteiger partial charge in [-0.2, -0.15) is 0 Å². The predicted molar refractivity (Wildman–Crippen MR) is 54.8 cm³/mol. The molecule has 0 saturated heterocycles. The maximum atomic E-state index is 8.95. The van der Waals surface area contributed by atoms with Gasteiger partial charge in [-0.15, -0.1) is 0 Å². The van der Waals surface area contributed by atoms with Crippen LogP contribution in [-0.2, 0) is 12.1 Å². The molecule has 0 spiro atoms. The van der Waals surface area contributed by atoms with Crippen LogP contribution >= 0.6 is 0 Å². The highest BCUT2D eigenvalue weighted by atomic mass is 16.3. The van der Waals surface area contributed by atoms with E-state index >= 15 is 0 Å². The molecule has 0 aliphatic heterocycles. The van der Waals surface area contributed by atoms with Crippen LogP contribution in [0.1, 0.15) is 38.8 Å². The van der Waals surface area contributed by atoms with Gasteiger partial charge < -0.3 is 9.67 Å². The summed E-state index contributed by atoms with van der Waals surface area (Å²) >= 11 is 0. The van der Waals surface area contributed by atoms with Crippen LogP contribution in [0.5, 0.6) is 0 Å². The zero-order chi connectivity index (χ0) is 10.2. The first-order chi connectivity index (χ1) is 6.64. The van der Waals surface area contributed by atoms with Gasteiger partial charge >= 0.3 is 0 Å². The zero-order valence-electron chi connectivity index (χ0n) is 8.90. The molecule has 14 heavy (non-hydrogen) atoms. The Morgan fingerprint density at radius 2 is 2.29 bits per heavy atom. The fourth-order valence-electron chi connectivity index (χ4n) is 2.09. The number of nitrogens with zero attached hydrogens (tertiary/aromatic N) is 2. The Hall–Kier alpha value is -0.830. The highest BCUT2D eigenvalue weighted by Crippen LogP contribution is 2.40. The van der Waals surface area contributed by atoms with Crippen molar-refractivity contribution < 1.29 is 5.11 Å². The standard InChI is InChI=1S/C11H18N2O/c1-11(2,9-4-3-5-9)13-6-10(7-14)12-8-13/h6,8-9,14H,3-5,7H2,1-2H3. The lowest BCUT2D eigenvalue weighted by Crippen LogP contribution is -2.38. The molecule has 1 aromatic rings. The van der Waals surface area contributed by atoms with Crippen molar-refractivity contribution in [3.05, 3.63) is 18.2 Å². The number of hydrogen-bond donors (Lipinski definition) is 1. The molecule has 0 bridgehead atoms. The van der Waals surface area contributed by atoms with Crippen molar-refractivity contribution in [3.8, 4) is 0 Å². The van der Waals surface area contributed by atoms with Crippen molar-refractivity contribution in [2.45, 2.75) is 45.3 Å². The number of hydrogen-bond acceptors (Lipinski definition) is 2. The monoisotopic (exact) mass is 194 g/mol. The van der Waals surface area contributed by atoms with E-state index in [4.69, 9.17) is 5.11 Å². The van der Waals surface area contributed by atoms with Gasteiger partial charge in [-0.05, 0) is 32.6 Å². The molecular weight excluding hydrogens is 176 g/mol. The third-order valence-electron chi connectivity index (χ3n) is 3.57. The summed E-state index contributed by atoms with van der Waals surface area (Å²) in [4.78, 5) is 4.15. The van der Waals surface area contributed by atoms with Gasteiger partial charge in [-0.3, -0.25) is 0 Å². The van der Waals surface area contributed by atoms with Gasteiger partial charge in [0, 0.05) is 11.7 Å². The Morgan fingerprint density at radius 1 is 1.57 bits per heavy atom. The van der Waals surface area contributed by atoms with Crippen LogP contribution in [-0.4, -0.2) is 14.7 Å². The van der Waals surface area contributed by atoms with Crippen molar-refractivity contribution in [2.75, 3.05) is 0 Å². The number of aromatic nitrogens is 2. The summed E-state index contributed by atoms with van der Waals surface area (Å²) in [5.74, 6) is 0.767. The molecule has 3 heteroatoms. The summed E-state index contributed by atoms with van der Waals surface area (Å²) in [7, 11) is 0. The van der Waals surface area contributed by atoms with E-state index in [9.17, 15) is 0 Å². The zero-order valence-corrected chi connectivity index (χ0v) is 8.90. The lowest BCUT2D eigenvalue weighted by Gasteiger charge is -2.41. The highest BCUT2D eigenvalue weighted by Gasteiger charge is 2.35. The van der Waals surface area contributed by atoms with Gasteiger partial charge in [0.15, 0.2) is 0 Å². The Kier molecular flexibility index (Phi) is 2.35. The van der Waals surface area contributed by atoms with Crippen LogP contribution in [0.4, 0.5) is 0 Å². The van der Waals surface area contributed by atoms with Gasteiger partial charge in [0.05, 0.1) is 18.6 Å². The van der Waals surface area contributed by atoms with Crippen LogP contribution in [0.25, 0.3) is 0 Å². The molecule has 1 saturated carbocycles. The van der Waals surface area contributed by atoms with E-state index in [0.29, 0.717) is 0 Å². The molecule has 0 unspecified atom stereocenters. The smallest absolute Gasteiger partial charge is 0.0955 e. The van der Waals surface area contributed by atoms with Crippen LogP contribution in [0.15, 0.2) is 12.5 Å². The number of imidazole rings is 1. The molecule has 3 nitrogen and oxygen atoms in total. The molecule has 78 valence electrons. The Labute approximate surface area is 84.8 Å². The van der Waals surface area contributed by atoms with E-state index in [-0.39, 0.29) is 12.1 Å². The summed E-state index contributed by atoms with van der Waals surface area (Å²) in [5, 5.41) is 8.95. The van der Waals surface area contributed by atoms with E-state index in [0.717, 1.165) is 11.6 Å². The predicted octanol–water partition coefficient (Wildman–Crippen LogP) is 1.91. The minimum absolute atomic E-state index is 0.0355. The molecule has 1 aliphatic carbocycles. The maximum absolute atomic E-state index is 8.95. The van der Waals surface area contributed by atoms with Crippen LogP contribution in [0.3, 0.4) is 0 Å². The molecule has 0 aromatic carbocycles. The number of aliphatic hydroxyl groups is 1. The van der Waals surface area contributed by atoms with Crippen LogP contribution < -0.4 is 0 Å². The molecule has 0 radical (unpaired) electrons. The van der Waals surface area contributed by atoms with E-state index in [2.05, 4.69) is 23.4 Å². The van der Waals surface area contributed by atoms with Gasteiger partial charge in [-0.25, -0.2) is 4.98 Å². The first-order valence-electron chi connectivity index (χ1n) is 5.29. The second-order valence-electron chi connectivity index (χ2n) is 4.71. The molecular formula is C11H18N2O. The SMILES string of the molecule is CC(C)(C1CCC1)n1cnc(CO)c1. The summed E-state index contributed by atoms with van der Waals surface area (Å²) in [5.41, 5.74) is 0.913. The Bertz CT molecular complexity index is 313. The molecule has 1 heterocycles. The third kappa shape index (κ3) is 1.46. The molecule has 1 N–H and O–H groups in total. The highest BCUT2D eigenvalue weighted by molar-refractivity contribution is 5.01. The Balaban J connectivity index is 2.19. The molecule has 2 rings (SSSR count). The van der Waals surface area contributed by atoms with E-state index in [1.165, 1.54) is 19.3 Å². The summed E-state index contributed by atoms with van der Waals surface area (Å²) in [6.45, 7) is 4.53. The average molecular weight is 194 g/mol. The molecule has 1 aromatic heterocycles. The second-order valence-corrected chi connectivity index (χ2v) is 4.71. The first-order valence-corrected chi connectivity index (χ1v) is 5.29. The summed E-state index contributed by atoms with van der Waals surface area (Å²) in [6, 6.07) is 0. The van der Waals surface area contributed by atoms with E-state index in [1.54, 1.807) is 0 Å². The fourth-order valence-corrected chi connectivity index (χ4v) is 2.09. The fraction of sp³-hybridized carbons (Fsp3) is 0.727. The Morgan fingerprint density at radius 3 is 2.71 bits per heavy atom. The van der Waals surface area contributed by atoms with Crippen molar-refractivity contribution in [1.82, 2.24) is 9.55 Å². The van der Waals surface area contributed by atoms with E-state index < -0.39 is 0 Å². The van der Waals surface area contributed by atoms with Crippen molar-refractivity contribution >= 4 is 0 Å². The minimum Gasteiger partial charge on any atom is -0.390 e. The van der Waals surface area contributed by atoms with Crippen molar-refractivity contribution in [2.24, 2.45) is 5.92 Å². The number of rotatable bonds is 3. The lowest BCUT2D eigenvalue weighted by molar-refractivity contribution is 0.128. The number of aliphatic hydroxyl groups excluding tert-OH is 1. The van der Waals surface area contributed by atoms with Crippen LogP contribution in [0.2, 0.25) is 0 Å². The summed E-state index contributed by atoms with van der Waals surface area (Å²) in [6.07, 6.45) is 7.79.